The predicted molar refractivity (Wildman–Crippen MR) is 135 cm³/mol. The number of rotatable bonds is 2. The average molecular weight is 568 g/mol. The molecular formula is C26H29BrF3N3O3. The van der Waals surface area contributed by atoms with Gasteiger partial charge >= 0.3 is 0 Å². The van der Waals surface area contributed by atoms with Crippen LogP contribution in [0.3, 0.4) is 0 Å². The Morgan fingerprint density at radius 2 is 1.42 bits per heavy atom. The summed E-state index contributed by atoms with van der Waals surface area (Å²) in [5, 5.41) is 7.00. The van der Waals surface area contributed by atoms with Crippen molar-refractivity contribution in [2.24, 2.45) is 0 Å². The monoisotopic (exact) mass is 567 g/mol. The van der Waals surface area contributed by atoms with Crippen molar-refractivity contribution in [3.05, 3.63) is 94.5 Å². The summed E-state index contributed by atoms with van der Waals surface area (Å²) in [4.78, 5) is 10.6. The molecule has 10 heteroatoms. The molecule has 0 bridgehead atoms. The molecule has 1 saturated heterocycles. The van der Waals surface area contributed by atoms with Gasteiger partial charge in [0.05, 0.1) is 17.7 Å². The van der Waals surface area contributed by atoms with Crippen molar-refractivity contribution < 1.29 is 27.8 Å². The highest BCUT2D eigenvalue weighted by Crippen LogP contribution is 2.27. The van der Waals surface area contributed by atoms with Crippen LogP contribution in [0.2, 0.25) is 0 Å². The molecule has 5 rings (SSSR count). The van der Waals surface area contributed by atoms with Crippen LogP contribution in [0.1, 0.15) is 36.3 Å². The predicted octanol–water partition coefficient (Wildman–Crippen LogP) is 5.73. The van der Waals surface area contributed by atoms with Crippen LogP contribution >= 0.6 is 15.9 Å². The number of aliphatic hydroxyl groups excluding tert-OH is 1. The van der Waals surface area contributed by atoms with Crippen molar-refractivity contribution in [1.29, 1.82) is 0 Å². The topological polar surface area (TPSA) is 77.4 Å². The number of pyridine rings is 3. The maximum atomic E-state index is 13.2. The molecule has 0 saturated carbocycles. The van der Waals surface area contributed by atoms with E-state index in [0.717, 1.165) is 50.7 Å². The summed E-state index contributed by atoms with van der Waals surface area (Å²) in [6, 6.07) is 10.4. The van der Waals surface area contributed by atoms with Gasteiger partial charge < -0.3 is 14.6 Å². The van der Waals surface area contributed by atoms with Gasteiger partial charge in [-0.3, -0.25) is 0 Å². The molecular weight excluding hydrogens is 539 g/mol. The fourth-order valence-electron chi connectivity index (χ4n) is 3.48. The number of hydrogen-bond donors (Lipinski definition) is 1. The van der Waals surface area contributed by atoms with Gasteiger partial charge in [0.1, 0.15) is 0 Å². The lowest BCUT2D eigenvalue weighted by atomic mass is 9.93. The van der Waals surface area contributed by atoms with Crippen molar-refractivity contribution in [2.45, 2.75) is 25.2 Å². The summed E-state index contributed by atoms with van der Waals surface area (Å²) in [5.74, 6) is -0.889. The Bertz CT molecular complexity index is 1060. The first-order chi connectivity index (χ1) is 17.6. The third-order valence-electron chi connectivity index (χ3n) is 5.23. The number of aromatic nitrogens is 3. The second-order valence-corrected chi connectivity index (χ2v) is 8.30. The maximum Gasteiger partial charge on any atom is 0.227 e. The van der Waals surface area contributed by atoms with Gasteiger partial charge in [-0.15, -0.1) is 0 Å². The van der Waals surface area contributed by atoms with E-state index in [-0.39, 0.29) is 5.95 Å². The highest BCUT2D eigenvalue weighted by atomic mass is 79.9. The highest BCUT2D eigenvalue weighted by molar-refractivity contribution is 9.10. The molecule has 1 fully saturated rings. The van der Waals surface area contributed by atoms with Crippen LogP contribution in [-0.2, 0) is 9.47 Å². The number of aliphatic hydroxyl groups is 1. The van der Waals surface area contributed by atoms with Crippen LogP contribution in [0.5, 0.6) is 0 Å². The third kappa shape index (κ3) is 9.77. The summed E-state index contributed by atoms with van der Waals surface area (Å²) in [5.41, 5.74) is 2.34. The maximum absolute atomic E-state index is 13.2. The Morgan fingerprint density at radius 3 is 1.94 bits per heavy atom. The lowest BCUT2D eigenvalue weighted by Gasteiger charge is -2.22. The van der Waals surface area contributed by atoms with Crippen LogP contribution in [0.4, 0.5) is 13.2 Å². The Balaban J connectivity index is 0.000000189. The lowest BCUT2D eigenvalue weighted by molar-refractivity contribution is 0.0844. The first-order valence-electron chi connectivity index (χ1n) is 11.3. The van der Waals surface area contributed by atoms with E-state index in [2.05, 4.69) is 30.9 Å². The molecule has 0 radical (unpaired) electrons. The Morgan fingerprint density at radius 1 is 0.806 bits per heavy atom. The van der Waals surface area contributed by atoms with Gasteiger partial charge in [-0.1, -0.05) is 12.1 Å². The summed E-state index contributed by atoms with van der Waals surface area (Å²) >= 11 is 2.96. The zero-order valence-electron chi connectivity index (χ0n) is 19.9. The minimum Gasteiger partial charge on any atom is -0.400 e. The number of nitrogens with zero attached hydrogens (tertiary/aromatic N) is 3. The second kappa shape index (κ2) is 16.9. The molecule has 1 N–H and O–H groups in total. The molecule has 0 aliphatic carbocycles. The van der Waals surface area contributed by atoms with Gasteiger partial charge in [0, 0.05) is 50.0 Å². The van der Waals surface area contributed by atoms with Crippen molar-refractivity contribution >= 4 is 21.5 Å². The standard InChI is InChI=1S/C10H12FNO.C10H10FNO.C5H3BrFN.CH4O/c2*11-10-9(2-1-5-12-10)8-3-6-13-7-4-8;6-4-2-1-3-8-5(4)7;1-2/h1-2,5,8H,3-4,6-7H2;1-3,5H,4,6-7H2;1-3H;2H,1H3. The molecule has 0 unspecified atom stereocenters. The summed E-state index contributed by atoms with van der Waals surface area (Å²) < 4.78 is 49.3. The summed E-state index contributed by atoms with van der Waals surface area (Å²) in [7, 11) is 1.00. The zero-order chi connectivity index (χ0) is 26.2. The zero-order valence-corrected chi connectivity index (χ0v) is 21.5. The number of hydrogen-bond acceptors (Lipinski definition) is 6. The van der Waals surface area contributed by atoms with Crippen molar-refractivity contribution in [1.82, 2.24) is 15.0 Å². The SMILES string of the molecule is CO.Fc1ncccc1Br.Fc1ncccc1C1=CCOCC1.Fc1ncccc1C1CCOCC1. The van der Waals surface area contributed by atoms with Crippen LogP contribution in [0, 0.1) is 17.8 Å². The molecule has 3 aromatic heterocycles. The van der Waals surface area contributed by atoms with E-state index < -0.39 is 11.9 Å². The average Bonchev–Trinajstić information content (AvgIpc) is 2.94. The first kappa shape index (κ1) is 29.6. The molecule has 0 aromatic carbocycles. The molecule has 2 aliphatic rings. The van der Waals surface area contributed by atoms with E-state index in [4.69, 9.17) is 14.6 Å². The smallest absolute Gasteiger partial charge is 0.227 e. The Labute approximate surface area is 217 Å². The van der Waals surface area contributed by atoms with Crippen LogP contribution < -0.4 is 0 Å². The fourth-order valence-corrected chi connectivity index (χ4v) is 3.73. The van der Waals surface area contributed by atoms with E-state index in [0.29, 0.717) is 29.2 Å². The molecule has 0 spiro atoms. The van der Waals surface area contributed by atoms with Crippen molar-refractivity contribution in [3.8, 4) is 0 Å². The molecule has 3 aromatic rings. The van der Waals surface area contributed by atoms with E-state index in [9.17, 15) is 13.2 Å². The molecule has 36 heavy (non-hydrogen) atoms. The molecule has 194 valence electrons. The minimum atomic E-state index is -0.465. The van der Waals surface area contributed by atoms with Gasteiger partial charge in [-0.05, 0) is 77.0 Å². The largest absolute Gasteiger partial charge is 0.400 e. The van der Waals surface area contributed by atoms with Crippen LogP contribution in [0.25, 0.3) is 5.57 Å². The Kier molecular flexibility index (Phi) is 13.9. The molecule has 6 nitrogen and oxygen atoms in total. The number of ether oxygens (including phenoxy) is 2. The fraction of sp³-hybridized carbons (Fsp3) is 0.346. The van der Waals surface area contributed by atoms with Gasteiger partial charge in [0.25, 0.3) is 0 Å². The minimum absolute atomic E-state index is 0.294. The first-order valence-corrected chi connectivity index (χ1v) is 12.1. The van der Waals surface area contributed by atoms with E-state index >= 15 is 0 Å². The molecule has 0 atom stereocenters. The molecule has 2 aliphatic heterocycles. The van der Waals surface area contributed by atoms with Crippen molar-refractivity contribution in [3.63, 3.8) is 0 Å². The third-order valence-corrected chi connectivity index (χ3v) is 5.82. The van der Waals surface area contributed by atoms with Crippen molar-refractivity contribution in [2.75, 3.05) is 33.5 Å². The summed E-state index contributed by atoms with van der Waals surface area (Å²) in [6.07, 6.45) is 8.83. The van der Waals surface area contributed by atoms with Gasteiger partial charge in [0.15, 0.2) is 0 Å². The van der Waals surface area contributed by atoms with Crippen LogP contribution in [-0.4, -0.2) is 53.6 Å². The molecule has 5 heterocycles. The second-order valence-electron chi connectivity index (χ2n) is 7.44. The summed E-state index contributed by atoms with van der Waals surface area (Å²) in [6.45, 7) is 2.71. The van der Waals surface area contributed by atoms with E-state index in [1.165, 1.54) is 18.6 Å². The quantitative estimate of drug-likeness (QED) is 0.398. The number of halogens is 4. The van der Waals surface area contributed by atoms with Gasteiger partial charge in [0.2, 0.25) is 17.8 Å². The molecule has 0 amide bonds. The van der Waals surface area contributed by atoms with E-state index in [1.807, 2.05) is 12.1 Å². The lowest BCUT2D eigenvalue weighted by Crippen LogP contribution is -2.15. The van der Waals surface area contributed by atoms with Gasteiger partial charge in [-0.2, -0.15) is 13.2 Å². The van der Waals surface area contributed by atoms with Gasteiger partial charge in [-0.25, -0.2) is 15.0 Å². The Hall–Kier alpha value is -2.66. The van der Waals surface area contributed by atoms with Crippen LogP contribution in [0.15, 0.2) is 65.5 Å². The normalized spacial score (nSPS) is 15.1. The van der Waals surface area contributed by atoms with E-state index in [1.54, 1.807) is 30.3 Å². The highest BCUT2D eigenvalue weighted by Gasteiger charge is 2.19.